The Bertz CT molecular complexity index is 446. The second kappa shape index (κ2) is 4.04. The van der Waals surface area contributed by atoms with Gasteiger partial charge >= 0.3 is 0 Å². The van der Waals surface area contributed by atoms with E-state index in [1.54, 1.807) is 24.7 Å². The van der Waals surface area contributed by atoms with Crippen LogP contribution in [-0.4, -0.2) is 19.9 Å². The van der Waals surface area contributed by atoms with Gasteiger partial charge in [-0.3, -0.25) is 0 Å². The third-order valence-electron chi connectivity index (χ3n) is 1.61. The van der Waals surface area contributed by atoms with Crippen molar-refractivity contribution < 1.29 is 0 Å². The molecule has 2 atom stereocenters. The number of aromatic nitrogens is 4. The number of hydrogen-bond donors (Lipinski definition) is 0. The van der Waals surface area contributed by atoms with Crippen molar-refractivity contribution in [3.8, 4) is 11.6 Å². The monoisotopic (exact) mass is 222 g/mol. The van der Waals surface area contributed by atoms with Gasteiger partial charge in [0.2, 0.25) is 0 Å². The highest BCUT2D eigenvalue weighted by Gasteiger charge is 2.04. The van der Waals surface area contributed by atoms with Gasteiger partial charge in [-0.05, 0) is 6.07 Å². The Balaban J connectivity index is 2.48. The summed E-state index contributed by atoms with van der Waals surface area (Å²) in [5.74, 6) is 1.09. The van der Waals surface area contributed by atoms with Gasteiger partial charge in [-0.2, -0.15) is 0 Å². The van der Waals surface area contributed by atoms with Crippen molar-refractivity contribution >= 4 is 29.2 Å². The molecule has 0 aliphatic rings. The fourth-order valence-corrected chi connectivity index (χ4v) is 1.26. The van der Waals surface area contributed by atoms with Gasteiger partial charge in [-0.15, -0.1) is 9.24 Å². The Morgan fingerprint density at radius 3 is 2.29 bits per heavy atom. The van der Waals surface area contributed by atoms with Crippen molar-refractivity contribution in [3.05, 3.63) is 24.7 Å². The van der Waals surface area contributed by atoms with Crippen LogP contribution in [0.4, 0.5) is 0 Å². The molecule has 2 rings (SSSR count). The van der Waals surface area contributed by atoms with Crippen molar-refractivity contribution in [1.82, 2.24) is 19.9 Å². The van der Waals surface area contributed by atoms with Crippen molar-refractivity contribution in [1.29, 1.82) is 0 Å². The van der Waals surface area contributed by atoms with Gasteiger partial charge in [0.1, 0.15) is 0 Å². The van der Waals surface area contributed by atoms with Gasteiger partial charge in [0, 0.05) is 23.9 Å². The van der Waals surface area contributed by atoms with Crippen LogP contribution in [-0.2, 0) is 0 Å². The standard InChI is InChI=1S/C8H8N4P2/c13-5-4-11-7(12-8(5)14)6-9-2-1-3-10-6/h1-4H,13-14H2. The molecule has 0 amide bonds. The molecule has 0 aliphatic carbocycles. The summed E-state index contributed by atoms with van der Waals surface area (Å²) in [6.07, 6.45) is 5.07. The van der Waals surface area contributed by atoms with Gasteiger partial charge in [-0.1, -0.05) is 9.24 Å². The van der Waals surface area contributed by atoms with Crippen LogP contribution in [0.25, 0.3) is 11.6 Å². The Hall–Kier alpha value is -0.980. The molecule has 0 radical (unpaired) electrons. The van der Waals surface area contributed by atoms with Crippen LogP contribution in [0.3, 0.4) is 0 Å². The number of hydrogen-bond acceptors (Lipinski definition) is 4. The maximum atomic E-state index is 4.25. The largest absolute Gasteiger partial charge is 0.234 e. The van der Waals surface area contributed by atoms with E-state index >= 15 is 0 Å². The van der Waals surface area contributed by atoms with E-state index in [-0.39, 0.29) is 0 Å². The number of rotatable bonds is 1. The zero-order valence-corrected chi connectivity index (χ0v) is 9.56. The summed E-state index contributed by atoms with van der Waals surface area (Å²) < 4.78 is 0. The molecule has 14 heavy (non-hydrogen) atoms. The quantitative estimate of drug-likeness (QED) is 0.634. The van der Waals surface area contributed by atoms with Gasteiger partial charge in [0.15, 0.2) is 11.6 Å². The summed E-state index contributed by atoms with van der Waals surface area (Å²) in [6, 6.07) is 1.76. The predicted octanol–water partition coefficient (Wildman–Crippen LogP) is -0.0656. The number of nitrogens with zero attached hydrogens (tertiary/aromatic N) is 4. The van der Waals surface area contributed by atoms with Gasteiger partial charge in [0.05, 0.1) is 5.44 Å². The minimum atomic E-state index is 0.543. The van der Waals surface area contributed by atoms with E-state index in [1.165, 1.54) is 0 Å². The van der Waals surface area contributed by atoms with E-state index in [1.807, 2.05) is 0 Å². The lowest BCUT2D eigenvalue weighted by molar-refractivity contribution is 1.10. The second-order valence-corrected chi connectivity index (χ2v) is 3.78. The normalized spacial score (nSPS) is 10.1. The van der Waals surface area contributed by atoms with E-state index < -0.39 is 0 Å². The molecule has 70 valence electrons. The van der Waals surface area contributed by atoms with Crippen molar-refractivity contribution in [3.63, 3.8) is 0 Å². The lowest BCUT2D eigenvalue weighted by atomic mass is 10.5. The Kier molecular flexibility index (Phi) is 2.76. The van der Waals surface area contributed by atoms with E-state index in [0.29, 0.717) is 11.6 Å². The average molecular weight is 222 g/mol. The van der Waals surface area contributed by atoms with E-state index in [0.717, 1.165) is 10.7 Å². The Morgan fingerprint density at radius 1 is 0.929 bits per heavy atom. The van der Waals surface area contributed by atoms with Gasteiger partial charge < -0.3 is 0 Å². The molecule has 0 fully saturated rings. The summed E-state index contributed by atoms with van der Waals surface area (Å²) >= 11 is 0. The molecule has 0 N–H and O–H groups in total. The summed E-state index contributed by atoms with van der Waals surface area (Å²) in [6.45, 7) is 0. The van der Waals surface area contributed by atoms with Crippen LogP contribution in [0, 0.1) is 0 Å². The van der Waals surface area contributed by atoms with Crippen molar-refractivity contribution in [2.24, 2.45) is 0 Å². The van der Waals surface area contributed by atoms with Crippen LogP contribution in [0.2, 0.25) is 0 Å². The first-order chi connectivity index (χ1) is 6.77. The molecule has 2 aromatic heterocycles. The highest BCUT2D eigenvalue weighted by atomic mass is 31.0. The SMILES string of the molecule is Pc1cnc(-c2ncccn2)nc1P. The van der Waals surface area contributed by atoms with E-state index in [4.69, 9.17) is 0 Å². The summed E-state index contributed by atoms with van der Waals surface area (Å²) in [5, 5.41) is 0.953. The first-order valence-corrected chi connectivity index (χ1v) is 5.08. The molecule has 0 spiro atoms. The fourth-order valence-electron chi connectivity index (χ4n) is 0.927. The first kappa shape index (κ1) is 9.57. The molecular formula is C8H8N4P2. The minimum Gasteiger partial charge on any atom is -0.234 e. The Morgan fingerprint density at radius 2 is 1.64 bits per heavy atom. The summed E-state index contributed by atoms with van der Waals surface area (Å²) in [4.78, 5) is 16.5. The van der Waals surface area contributed by atoms with Crippen molar-refractivity contribution in [2.75, 3.05) is 0 Å². The average Bonchev–Trinajstić information content (AvgIpc) is 2.23. The van der Waals surface area contributed by atoms with E-state index in [2.05, 4.69) is 38.4 Å². The van der Waals surface area contributed by atoms with Crippen LogP contribution >= 0.6 is 18.5 Å². The van der Waals surface area contributed by atoms with Crippen LogP contribution in [0.1, 0.15) is 0 Å². The highest BCUT2D eigenvalue weighted by molar-refractivity contribution is 7.35. The van der Waals surface area contributed by atoms with Gasteiger partial charge in [0.25, 0.3) is 0 Å². The molecule has 0 aliphatic heterocycles. The molecule has 0 bridgehead atoms. The topological polar surface area (TPSA) is 51.6 Å². The smallest absolute Gasteiger partial charge is 0.198 e. The fraction of sp³-hybridized carbons (Fsp3) is 0. The third kappa shape index (κ3) is 1.92. The molecule has 2 unspecified atom stereocenters. The highest BCUT2D eigenvalue weighted by Crippen LogP contribution is 2.04. The molecule has 0 aromatic carbocycles. The Labute approximate surface area is 86.0 Å². The zero-order valence-electron chi connectivity index (χ0n) is 7.25. The van der Waals surface area contributed by atoms with E-state index in [9.17, 15) is 0 Å². The minimum absolute atomic E-state index is 0.543. The summed E-state index contributed by atoms with van der Waals surface area (Å²) in [7, 11) is 5.10. The molecule has 0 saturated carbocycles. The summed E-state index contributed by atoms with van der Waals surface area (Å²) in [5.41, 5.74) is 0.840. The van der Waals surface area contributed by atoms with Crippen molar-refractivity contribution in [2.45, 2.75) is 0 Å². The maximum absolute atomic E-state index is 4.25. The molecular weight excluding hydrogens is 214 g/mol. The van der Waals surface area contributed by atoms with Crippen LogP contribution in [0.5, 0.6) is 0 Å². The molecule has 4 nitrogen and oxygen atoms in total. The third-order valence-corrected chi connectivity index (χ3v) is 2.85. The van der Waals surface area contributed by atoms with Gasteiger partial charge in [-0.25, -0.2) is 19.9 Å². The lowest BCUT2D eigenvalue weighted by Gasteiger charge is -2.00. The second-order valence-electron chi connectivity index (χ2n) is 2.61. The first-order valence-electron chi connectivity index (χ1n) is 3.93. The molecule has 0 saturated heterocycles. The predicted molar refractivity (Wildman–Crippen MR) is 61.7 cm³/mol. The zero-order chi connectivity index (χ0) is 9.97. The maximum Gasteiger partial charge on any atom is 0.198 e. The lowest BCUT2D eigenvalue weighted by Crippen LogP contribution is -2.17. The van der Waals surface area contributed by atoms with Crippen LogP contribution < -0.4 is 10.7 Å². The molecule has 2 heterocycles. The molecule has 2 aromatic rings. The van der Waals surface area contributed by atoms with Crippen LogP contribution in [0.15, 0.2) is 24.7 Å². The molecule has 6 heteroatoms.